The molecule has 2 aromatic heterocycles. The molecular formula is C25H25N3O4S. The Labute approximate surface area is 194 Å². The SMILES string of the molecule is COc1ccc(Cn2c(=O)c3sccc3n(CC(=O)Nc3c(C)cc(C)cc3C)c2=O)cc1. The predicted octanol–water partition coefficient (Wildman–Crippen LogP) is 3.85. The van der Waals surface area contributed by atoms with Gasteiger partial charge in [-0.1, -0.05) is 29.8 Å². The molecule has 2 heterocycles. The Hall–Kier alpha value is -3.65. The number of fused-ring (bicyclic) bond motifs is 1. The first-order valence-corrected chi connectivity index (χ1v) is 11.4. The summed E-state index contributed by atoms with van der Waals surface area (Å²) < 4.78 is 8.16. The van der Waals surface area contributed by atoms with E-state index in [1.54, 1.807) is 30.7 Å². The number of carbonyl (C=O) groups is 1. The summed E-state index contributed by atoms with van der Waals surface area (Å²) in [6.07, 6.45) is 0. The highest BCUT2D eigenvalue weighted by Gasteiger charge is 2.17. The van der Waals surface area contributed by atoms with E-state index < -0.39 is 5.69 Å². The first-order chi connectivity index (χ1) is 15.8. The van der Waals surface area contributed by atoms with Gasteiger partial charge < -0.3 is 10.1 Å². The Balaban J connectivity index is 1.70. The second-order valence-electron chi connectivity index (χ2n) is 8.06. The van der Waals surface area contributed by atoms with Gasteiger partial charge in [0.25, 0.3) is 5.56 Å². The number of ether oxygens (including phenoxy) is 1. The Morgan fingerprint density at radius 3 is 2.30 bits per heavy atom. The van der Waals surface area contributed by atoms with Crippen molar-refractivity contribution in [3.63, 3.8) is 0 Å². The third-order valence-corrected chi connectivity index (χ3v) is 6.47. The van der Waals surface area contributed by atoms with E-state index in [1.807, 2.05) is 45.0 Å². The average molecular weight is 464 g/mol. The van der Waals surface area contributed by atoms with E-state index >= 15 is 0 Å². The van der Waals surface area contributed by atoms with Gasteiger partial charge >= 0.3 is 5.69 Å². The van der Waals surface area contributed by atoms with Crippen LogP contribution in [-0.2, 0) is 17.9 Å². The molecule has 0 radical (unpaired) electrons. The zero-order valence-electron chi connectivity index (χ0n) is 19.0. The predicted molar refractivity (Wildman–Crippen MR) is 132 cm³/mol. The summed E-state index contributed by atoms with van der Waals surface area (Å²) in [5, 5.41) is 4.69. The van der Waals surface area contributed by atoms with Crippen LogP contribution in [0.4, 0.5) is 5.69 Å². The maximum Gasteiger partial charge on any atom is 0.332 e. The lowest BCUT2D eigenvalue weighted by molar-refractivity contribution is -0.116. The highest BCUT2D eigenvalue weighted by atomic mass is 32.1. The van der Waals surface area contributed by atoms with Crippen LogP contribution in [0.15, 0.2) is 57.4 Å². The monoisotopic (exact) mass is 463 g/mol. The van der Waals surface area contributed by atoms with E-state index in [0.29, 0.717) is 16.0 Å². The number of nitrogens with one attached hydrogen (secondary N) is 1. The molecule has 0 aliphatic carbocycles. The molecule has 0 fully saturated rings. The van der Waals surface area contributed by atoms with Crippen molar-refractivity contribution in [2.75, 3.05) is 12.4 Å². The average Bonchev–Trinajstić information content (AvgIpc) is 3.27. The molecule has 7 nitrogen and oxygen atoms in total. The van der Waals surface area contributed by atoms with Crippen LogP contribution >= 0.6 is 11.3 Å². The van der Waals surface area contributed by atoms with E-state index in [1.165, 1.54) is 20.5 Å². The number of nitrogens with zero attached hydrogens (tertiary/aromatic N) is 2. The lowest BCUT2D eigenvalue weighted by atomic mass is 10.1. The standard InChI is InChI=1S/C25H25N3O4S/c1-15-11-16(2)22(17(3)12-15)26-21(29)14-27-20-9-10-33-23(20)24(30)28(25(27)31)13-18-5-7-19(32-4)8-6-18/h5-12H,13-14H2,1-4H3,(H,26,29). The molecule has 0 atom stereocenters. The Kier molecular flexibility index (Phi) is 6.20. The molecule has 8 heteroatoms. The van der Waals surface area contributed by atoms with Crippen LogP contribution in [0.1, 0.15) is 22.3 Å². The summed E-state index contributed by atoms with van der Waals surface area (Å²) in [5.74, 6) is 0.366. The fourth-order valence-electron chi connectivity index (χ4n) is 4.04. The molecule has 0 bridgehead atoms. The number of carbonyl (C=O) groups excluding carboxylic acids is 1. The van der Waals surface area contributed by atoms with E-state index in [4.69, 9.17) is 4.74 Å². The number of aryl methyl sites for hydroxylation is 3. The normalized spacial score (nSPS) is 11.0. The molecule has 0 saturated heterocycles. The number of rotatable bonds is 6. The number of hydrogen-bond acceptors (Lipinski definition) is 5. The highest BCUT2D eigenvalue weighted by Crippen LogP contribution is 2.22. The van der Waals surface area contributed by atoms with E-state index in [9.17, 15) is 14.4 Å². The second kappa shape index (κ2) is 9.07. The van der Waals surface area contributed by atoms with Gasteiger partial charge in [-0.2, -0.15) is 0 Å². The Bertz CT molecular complexity index is 1440. The molecule has 33 heavy (non-hydrogen) atoms. The summed E-state index contributed by atoms with van der Waals surface area (Å²) in [6.45, 7) is 5.79. The molecule has 0 aliphatic rings. The van der Waals surface area contributed by atoms with Crippen molar-refractivity contribution < 1.29 is 9.53 Å². The first-order valence-electron chi connectivity index (χ1n) is 10.5. The van der Waals surface area contributed by atoms with Gasteiger partial charge in [0.05, 0.1) is 19.2 Å². The summed E-state index contributed by atoms with van der Waals surface area (Å²) in [4.78, 5) is 39.3. The maximum atomic E-state index is 13.3. The number of aromatic nitrogens is 2. The van der Waals surface area contributed by atoms with Crippen molar-refractivity contribution in [1.29, 1.82) is 0 Å². The minimum atomic E-state index is -0.519. The molecule has 0 unspecified atom stereocenters. The van der Waals surface area contributed by atoms with Crippen LogP contribution in [0.3, 0.4) is 0 Å². The van der Waals surface area contributed by atoms with Gasteiger partial charge in [0, 0.05) is 5.69 Å². The third kappa shape index (κ3) is 4.47. The third-order valence-electron chi connectivity index (χ3n) is 5.58. The summed E-state index contributed by atoms with van der Waals surface area (Å²) >= 11 is 1.26. The fraction of sp³-hybridized carbons (Fsp3) is 0.240. The molecule has 1 amide bonds. The van der Waals surface area contributed by atoms with Crippen LogP contribution in [0, 0.1) is 20.8 Å². The van der Waals surface area contributed by atoms with Gasteiger partial charge in [0.2, 0.25) is 5.91 Å². The van der Waals surface area contributed by atoms with E-state index in [2.05, 4.69) is 5.32 Å². The van der Waals surface area contributed by atoms with Gasteiger partial charge in [0.1, 0.15) is 17.0 Å². The largest absolute Gasteiger partial charge is 0.497 e. The van der Waals surface area contributed by atoms with Gasteiger partial charge in [-0.25, -0.2) is 4.79 Å². The second-order valence-corrected chi connectivity index (χ2v) is 8.98. The summed E-state index contributed by atoms with van der Waals surface area (Å²) in [6, 6.07) is 12.9. The summed E-state index contributed by atoms with van der Waals surface area (Å²) in [5.41, 5.74) is 4.14. The molecule has 1 N–H and O–H groups in total. The van der Waals surface area contributed by atoms with E-state index in [-0.39, 0.29) is 24.6 Å². The smallest absolute Gasteiger partial charge is 0.332 e. The van der Waals surface area contributed by atoms with Crippen LogP contribution < -0.4 is 21.3 Å². The van der Waals surface area contributed by atoms with Crippen LogP contribution in [0.2, 0.25) is 0 Å². The Morgan fingerprint density at radius 1 is 1.00 bits per heavy atom. The number of benzene rings is 2. The summed E-state index contributed by atoms with van der Waals surface area (Å²) in [7, 11) is 1.58. The molecule has 0 spiro atoms. The molecule has 4 aromatic rings. The van der Waals surface area contributed by atoms with Gasteiger partial charge in [-0.05, 0) is 61.0 Å². The first kappa shape index (κ1) is 22.5. The Morgan fingerprint density at radius 2 is 1.67 bits per heavy atom. The zero-order chi connectivity index (χ0) is 23.7. The van der Waals surface area contributed by atoms with Crippen LogP contribution in [0.25, 0.3) is 10.2 Å². The molecular weight excluding hydrogens is 438 g/mol. The number of hydrogen-bond donors (Lipinski definition) is 1. The van der Waals surface area contributed by atoms with Gasteiger partial charge in [-0.15, -0.1) is 11.3 Å². The van der Waals surface area contributed by atoms with Crippen molar-refractivity contribution in [2.24, 2.45) is 0 Å². The van der Waals surface area contributed by atoms with Crippen molar-refractivity contribution in [3.05, 3.63) is 90.9 Å². The molecule has 2 aromatic carbocycles. The fourth-order valence-corrected chi connectivity index (χ4v) is 4.88. The van der Waals surface area contributed by atoms with Crippen molar-refractivity contribution in [3.8, 4) is 5.75 Å². The molecule has 0 aliphatic heterocycles. The van der Waals surface area contributed by atoms with Crippen molar-refractivity contribution in [2.45, 2.75) is 33.9 Å². The van der Waals surface area contributed by atoms with Gasteiger partial charge in [-0.3, -0.25) is 18.7 Å². The quantitative estimate of drug-likeness (QED) is 0.471. The lowest BCUT2D eigenvalue weighted by Crippen LogP contribution is -2.41. The molecule has 0 saturated carbocycles. The van der Waals surface area contributed by atoms with Crippen LogP contribution in [-0.4, -0.2) is 22.2 Å². The van der Waals surface area contributed by atoms with E-state index in [0.717, 1.165) is 27.9 Å². The number of amides is 1. The number of anilines is 1. The highest BCUT2D eigenvalue weighted by molar-refractivity contribution is 7.17. The topological polar surface area (TPSA) is 82.3 Å². The maximum absolute atomic E-state index is 13.3. The molecule has 4 rings (SSSR count). The van der Waals surface area contributed by atoms with Gasteiger partial charge in [0.15, 0.2) is 0 Å². The lowest BCUT2D eigenvalue weighted by Gasteiger charge is -2.15. The molecule has 170 valence electrons. The number of thiophene rings is 1. The minimum Gasteiger partial charge on any atom is -0.497 e. The van der Waals surface area contributed by atoms with Crippen LogP contribution in [0.5, 0.6) is 5.75 Å². The minimum absolute atomic E-state index is 0.104. The van der Waals surface area contributed by atoms with Crippen molar-refractivity contribution in [1.82, 2.24) is 9.13 Å². The number of methoxy groups -OCH3 is 1. The van der Waals surface area contributed by atoms with Crippen molar-refractivity contribution >= 4 is 33.1 Å². The zero-order valence-corrected chi connectivity index (χ0v) is 19.8.